The Balaban J connectivity index is 0.000000597. The summed E-state index contributed by atoms with van der Waals surface area (Å²) in [5.74, 6) is -1.25. The number of phenols is 2. The first-order valence-corrected chi connectivity index (χ1v) is 8.21. The molecule has 0 fully saturated rings. The highest BCUT2D eigenvalue weighted by atomic mass is 16.4. The van der Waals surface area contributed by atoms with E-state index in [4.69, 9.17) is 10.2 Å². The number of phenolic OH excluding ortho intramolecular Hbond substituents is 2. The second-order valence-electron chi connectivity index (χ2n) is 6.07. The molecular weight excluding hydrogens is 336 g/mol. The first kappa shape index (κ1) is 21.0. The Morgan fingerprint density at radius 3 is 1.42 bits per heavy atom. The summed E-state index contributed by atoms with van der Waals surface area (Å²) in [6.45, 7) is 3.57. The summed E-state index contributed by atoms with van der Waals surface area (Å²) in [6, 6.07) is 13.6. The fourth-order valence-electron chi connectivity index (χ4n) is 2.47. The van der Waals surface area contributed by atoms with Gasteiger partial charge in [-0.2, -0.15) is 0 Å². The van der Waals surface area contributed by atoms with Crippen LogP contribution < -0.4 is 0 Å². The van der Waals surface area contributed by atoms with Crippen molar-refractivity contribution in [2.45, 2.75) is 38.5 Å². The molecule has 0 aliphatic heterocycles. The highest BCUT2D eigenvalue weighted by molar-refractivity contribution is 5.67. The molecule has 0 aliphatic rings. The average Bonchev–Trinajstić information content (AvgIpc) is 2.61. The van der Waals surface area contributed by atoms with Gasteiger partial charge in [0.2, 0.25) is 0 Å². The molecule has 0 heterocycles. The molecule has 26 heavy (non-hydrogen) atoms. The molecule has 140 valence electrons. The molecule has 2 rings (SSSR count). The van der Waals surface area contributed by atoms with E-state index in [0.717, 1.165) is 11.1 Å². The van der Waals surface area contributed by atoms with Crippen molar-refractivity contribution in [3.8, 4) is 11.5 Å². The van der Waals surface area contributed by atoms with Gasteiger partial charge in [0, 0.05) is 18.3 Å². The summed E-state index contributed by atoms with van der Waals surface area (Å²) in [5, 5.41) is 35.5. The van der Waals surface area contributed by atoms with Gasteiger partial charge >= 0.3 is 11.9 Å². The molecule has 0 unspecified atom stereocenters. The molecule has 2 aromatic rings. The van der Waals surface area contributed by atoms with Gasteiger partial charge in [0.1, 0.15) is 11.5 Å². The van der Waals surface area contributed by atoms with Gasteiger partial charge in [-0.3, -0.25) is 9.59 Å². The number of hydrogen-bond acceptors (Lipinski definition) is 4. The van der Waals surface area contributed by atoms with Gasteiger partial charge in [0.25, 0.3) is 0 Å². The van der Waals surface area contributed by atoms with Crippen molar-refractivity contribution in [3.05, 3.63) is 59.7 Å². The van der Waals surface area contributed by atoms with Gasteiger partial charge in [-0.15, -0.1) is 0 Å². The zero-order valence-corrected chi connectivity index (χ0v) is 14.8. The Morgan fingerprint density at radius 2 is 1.15 bits per heavy atom. The molecule has 0 atom stereocenters. The summed E-state index contributed by atoms with van der Waals surface area (Å²) >= 11 is 0. The number of carboxylic acids is 2. The molecule has 6 nitrogen and oxygen atoms in total. The predicted molar refractivity (Wildman–Crippen MR) is 97.5 cm³/mol. The Morgan fingerprint density at radius 1 is 0.808 bits per heavy atom. The summed E-state index contributed by atoms with van der Waals surface area (Å²) in [5.41, 5.74) is 1.35. The van der Waals surface area contributed by atoms with Crippen LogP contribution >= 0.6 is 0 Å². The topological polar surface area (TPSA) is 115 Å². The molecule has 0 amide bonds. The van der Waals surface area contributed by atoms with Crippen LogP contribution in [0, 0.1) is 0 Å². The summed E-state index contributed by atoms with van der Waals surface area (Å²) in [6.07, 6.45) is 0.691. The molecule has 2 aromatic carbocycles. The van der Waals surface area contributed by atoms with E-state index in [1.54, 1.807) is 55.5 Å². The number of aliphatic carboxylic acids is 2. The molecule has 0 bridgehead atoms. The number of carboxylic acid groups (broad SMARTS) is 2. The standard InChI is InChI=1S/C17H18O4.C3H6O2/c1-17(11-10-16(20)21,12-2-6-14(18)7-3-12)13-4-8-15(19)9-5-13;1-2-3(4)5/h2-9,18-19H,10-11H2,1H3,(H,20,21);2H2,1H3,(H,4,5). The molecule has 0 radical (unpaired) electrons. The average molecular weight is 360 g/mol. The van der Waals surface area contributed by atoms with Crippen LogP contribution in [0.15, 0.2) is 48.5 Å². The van der Waals surface area contributed by atoms with E-state index in [9.17, 15) is 19.8 Å². The number of rotatable bonds is 6. The van der Waals surface area contributed by atoms with Crippen LogP contribution in [0.1, 0.15) is 44.2 Å². The van der Waals surface area contributed by atoms with Crippen molar-refractivity contribution in [3.63, 3.8) is 0 Å². The Hall–Kier alpha value is -3.02. The fourth-order valence-corrected chi connectivity index (χ4v) is 2.47. The van der Waals surface area contributed by atoms with Crippen LogP contribution in [0.2, 0.25) is 0 Å². The molecule has 0 saturated heterocycles. The smallest absolute Gasteiger partial charge is 0.303 e. The minimum absolute atomic E-state index is 0.0399. The summed E-state index contributed by atoms with van der Waals surface area (Å²) < 4.78 is 0. The van der Waals surface area contributed by atoms with Crippen LogP contribution in [0.5, 0.6) is 11.5 Å². The molecule has 0 aromatic heterocycles. The third-order valence-electron chi connectivity index (χ3n) is 4.15. The van der Waals surface area contributed by atoms with Crippen molar-refractivity contribution >= 4 is 11.9 Å². The quantitative estimate of drug-likeness (QED) is 0.624. The predicted octanol–water partition coefficient (Wildman–Crippen LogP) is 3.75. The minimum Gasteiger partial charge on any atom is -0.508 e. The number of aromatic hydroxyl groups is 2. The zero-order chi connectivity index (χ0) is 19.7. The second-order valence-corrected chi connectivity index (χ2v) is 6.07. The summed E-state index contributed by atoms with van der Waals surface area (Å²) in [7, 11) is 0. The van der Waals surface area contributed by atoms with E-state index in [0.29, 0.717) is 6.42 Å². The Bertz CT molecular complexity index is 673. The monoisotopic (exact) mass is 360 g/mol. The van der Waals surface area contributed by atoms with E-state index < -0.39 is 17.4 Å². The van der Waals surface area contributed by atoms with Gasteiger partial charge in [-0.1, -0.05) is 38.1 Å². The van der Waals surface area contributed by atoms with Crippen LogP contribution in [0.3, 0.4) is 0 Å². The van der Waals surface area contributed by atoms with Crippen LogP contribution in [0.4, 0.5) is 0 Å². The van der Waals surface area contributed by atoms with Crippen molar-refractivity contribution in [1.82, 2.24) is 0 Å². The Kier molecular flexibility index (Phi) is 7.65. The fraction of sp³-hybridized carbons (Fsp3) is 0.300. The van der Waals surface area contributed by atoms with E-state index >= 15 is 0 Å². The third kappa shape index (κ3) is 6.12. The van der Waals surface area contributed by atoms with Gasteiger partial charge < -0.3 is 20.4 Å². The lowest BCUT2D eigenvalue weighted by Gasteiger charge is -2.30. The molecule has 0 aliphatic carbocycles. The van der Waals surface area contributed by atoms with E-state index in [1.165, 1.54) is 0 Å². The third-order valence-corrected chi connectivity index (χ3v) is 4.15. The highest BCUT2D eigenvalue weighted by Crippen LogP contribution is 2.37. The van der Waals surface area contributed by atoms with Crippen LogP contribution in [-0.4, -0.2) is 32.4 Å². The number of carbonyl (C=O) groups is 2. The van der Waals surface area contributed by atoms with Crippen molar-refractivity contribution < 1.29 is 30.0 Å². The second kappa shape index (κ2) is 9.46. The van der Waals surface area contributed by atoms with Crippen LogP contribution in [0.25, 0.3) is 0 Å². The molecule has 6 heteroatoms. The maximum atomic E-state index is 10.9. The molecule has 4 N–H and O–H groups in total. The van der Waals surface area contributed by atoms with Gasteiger partial charge in [0.15, 0.2) is 0 Å². The van der Waals surface area contributed by atoms with E-state index in [1.807, 2.05) is 6.92 Å². The first-order valence-electron chi connectivity index (χ1n) is 8.21. The molecule has 0 spiro atoms. The van der Waals surface area contributed by atoms with E-state index in [-0.39, 0.29) is 24.3 Å². The highest BCUT2D eigenvalue weighted by Gasteiger charge is 2.29. The Labute approximate surface area is 152 Å². The zero-order valence-electron chi connectivity index (χ0n) is 14.8. The lowest BCUT2D eigenvalue weighted by molar-refractivity contribution is -0.138. The van der Waals surface area contributed by atoms with Crippen molar-refractivity contribution in [1.29, 1.82) is 0 Å². The molecule has 0 saturated carbocycles. The maximum absolute atomic E-state index is 10.9. The maximum Gasteiger partial charge on any atom is 0.303 e. The summed E-state index contributed by atoms with van der Waals surface area (Å²) in [4.78, 5) is 20.3. The SMILES string of the molecule is CC(CCC(=O)O)(c1ccc(O)cc1)c1ccc(O)cc1.CCC(=O)O. The molecular formula is C20H24O6. The van der Waals surface area contributed by atoms with Gasteiger partial charge in [-0.05, 0) is 41.8 Å². The van der Waals surface area contributed by atoms with Gasteiger partial charge in [-0.25, -0.2) is 0 Å². The number of benzene rings is 2. The normalized spacial score (nSPS) is 10.5. The van der Waals surface area contributed by atoms with E-state index in [2.05, 4.69) is 0 Å². The minimum atomic E-state index is -0.848. The van der Waals surface area contributed by atoms with Crippen LogP contribution in [-0.2, 0) is 15.0 Å². The van der Waals surface area contributed by atoms with Crippen molar-refractivity contribution in [2.75, 3.05) is 0 Å². The lowest BCUT2D eigenvalue weighted by atomic mass is 9.73. The van der Waals surface area contributed by atoms with Crippen molar-refractivity contribution in [2.24, 2.45) is 0 Å². The largest absolute Gasteiger partial charge is 0.508 e. The lowest BCUT2D eigenvalue weighted by Crippen LogP contribution is -2.24. The van der Waals surface area contributed by atoms with Gasteiger partial charge in [0.05, 0.1) is 0 Å². The number of hydrogen-bond donors (Lipinski definition) is 4. The first-order chi connectivity index (χ1) is 12.2.